The Morgan fingerprint density at radius 3 is 2.66 bits per heavy atom. The maximum Gasteiger partial charge on any atom is 0.266 e. The van der Waals surface area contributed by atoms with Crippen LogP contribution in [-0.2, 0) is 9.59 Å². The molecule has 0 spiro atoms. The van der Waals surface area contributed by atoms with E-state index in [9.17, 15) is 14.4 Å². The predicted octanol–water partition coefficient (Wildman–Crippen LogP) is 4.24. The van der Waals surface area contributed by atoms with Crippen molar-refractivity contribution in [2.24, 2.45) is 0 Å². The lowest BCUT2D eigenvalue weighted by molar-refractivity contribution is -0.122. The standard InChI is InChI=1S/C23H20N2O5S2/c1-14(26)16-5-7-17(8-6-16)24-21(27)3-2-10-25-22(28)20(32-23(25)31)12-15-4-9-18-19(11-15)30-13-29-18/h4-9,11-12H,2-3,10,13H2,1H3,(H,24,27)/b20-12-. The molecular formula is C23H20N2O5S2. The van der Waals surface area contributed by atoms with E-state index in [1.807, 2.05) is 12.1 Å². The third-order valence-corrected chi connectivity index (χ3v) is 6.31. The van der Waals surface area contributed by atoms with E-state index >= 15 is 0 Å². The first-order chi connectivity index (χ1) is 15.4. The van der Waals surface area contributed by atoms with Gasteiger partial charge in [0, 0.05) is 24.2 Å². The Kier molecular flexibility index (Phi) is 6.57. The van der Waals surface area contributed by atoms with Crippen molar-refractivity contribution < 1.29 is 23.9 Å². The molecule has 164 valence electrons. The molecule has 2 aliphatic rings. The summed E-state index contributed by atoms with van der Waals surface area (Å²) in [7, 11) is 0. The first-order valence-corrected chi connectivity index (χ1v) is 11.2. The molecule has 4 rings (SSSR count). The zero-order valence-electron chi connectivity index (χ0n) is 17.3. The van der Waals surface area contributed by atoms with Gasteiger partial charge in [-0.3, -0.25) is 19.3 Å². The van der Waals surface area contributed by atoms with Crippen LogP contribution in [0, 0.1) is 0 Å². The first kappa shape index (κ1) is 22.0. The number of carbonyl (C=O) groups excluding carboxylic acids is 3. The number of Topliss-reactive ketones (excluding diaryl/α,β-unsaturated/α-hetero) is 1. The van der Waals surface area contributed by atoms with Gasteiger partial charge in [-0.25, -0.2) is 0 Å². The Morgan fingerprint density at radius 1 is 1.16 bits per heavy atom. The molecule has 0 unspecified atom stereocenters. The summed E-state index contributed by atoms with van der Waals surface area (Å²) in [6.45, 7) is 2.05. The van der Waals surface area contributed by atoms with Gasteiger partial charge in [0.1, 0.15) is 4.32 Å². The number of thiocarbonyl (C=S) groups is 1. The fourth-order valence-electron chi connectivity index (χ4n) is 3.26. The zero-order chi connectivity index (χ0) is 22.7. The summed E-state index contributed by atoms with van der Waals surface area (Å²) in [5.41, 5.74) is 2.04. The minimum absolute atomic E-state index is 0.0288. The molecule has 1 saturated heterocycles. The van der Waals surface area contributed by atoms with Crippen LogP contribution >= 0.6 is 24.0 Å². The average molecular weight is 469 g/mol. The van der Waals surface area contributed by atoms with Crippen molar-refractivity contribution in [1.29, 1.82) is 0 Å². The van der Waals surface area contributed by atoms with Crippen molar-refractivity contribution in [1.82, 2.24) is 4.90 Å². The van der Waals surface area contributed by atoms with E-state index < -0.39 is 0 Å². The first-order valence-electron chi connectivity index (χ1n) is 9.96. The Hall–Kier alpha value is -3.17. The number of thioether (sulfide) groups is 1. The molecule has 0 atom stereocenters. The number of ketones is 1. The number of anilines is 1. The van der Waals surface area contributed by atoms with Gasteiger partial charge in [-0.15, -0.1) is 0 Å². The van der Waals surface area contributed by atoms with Gasteiger partial charge < -0.3 is 14.8 Å². The highest BCUT2D eigenvalue weighted by molar-refractivity contribution is 8.26. The largest absolute Gasteiger partial charge is 0.454 e. The van der Waals surface area contributed by atoms with Crippen molar-refractivity contribution in [3.8, 4) is 11.5 Å². The lowest BCUT2D eigenvalue weighted by Gasteiger charge is -2.14. The Balaban J connectivity index is 1.30. The summed E-state index contributed by atoms with van der Waals surface area (Å²) in [5.74, 6) is 0.970. The van der Waals surface area contributed by atoms with E-state index in [0.29, 0.717) is 44.9 Å². The zero-order valence-corrected chi connectivity index (χ0v) is 18.9. The summed E-state index contributed by atoms with van der Waals surface area (Å²) in [6.07, 6.45) is 2.49. The van der Waals surface area contributed by atoms with Crippen molar-refractivity contribution in [2.45, 2.75) is 19.8 Å². The Bertz CT molecular complexity index is 1130. The fraction of sp³-hybridized carbons (Fsp3) is 0.217. The van der Waals surface area contributed by atoms with Gasteiger partial charge in [-0.2, -0.15) is 0 Å². The highest BCUT2D eigenvalue weighted by Crippen LogP contribution is 2.36. The molecular weight excluding hydrogens is 448 g/mol. The number of carbonyl (C=O) groups is 3. The molecule has 0 aromatic heterocycles. The topological polar surface area (TPSA) is 84.9 Å². The molecule has 2 aromatic carbocycles. The fourth-order valence-corrected chi connectivity index (χ4v) is 4.57. The second-order valence-electron chi connectivity index (χ2n) is 7.23. The van der Waals surface area contributed by atoms with E-state index in [1.165, 1.54) is 23.6 Å². The van der Waals surface area contributed by atoms with Crippen molar-refractivity contribution >= 4 is 57.7 Å². The monoisotopic (exact) mass is 468 g/mol. The van der Waals surface area contributed by atoms with E-state index in [0.717, 1.165) is 5.56 Å². The smallest absolute Gasteiger partial charge is 0.266 e. The molecule has 0 saturated carbocycles. The van der Waals surface area contributed by atoms with Crippen LogP contribution < -0.4 is 14.8 Å². The molecule has 0 radical (unpaired) electrons. The number of hydrogen-bond acceptors (Lipinski definition) is 7. The number of fused-ring (bicyclic) bond motifs is 1. The summed E-state index contributed by atoms with van der Waals surface area (Å²) in [5, 5.41) is 2.79. The van der Waals surface area contributed by atoms with Crippen LogP contribution in [0.1, 0.15) is 35.7 Å². The lowest BCUT2D eigenvalue weighted by Crippen LogP contribution is -2.29. The number of ether oxygens (including phenoxy) is 2. The molecule has 9 heteroatoms. The molecule has 1 fully saturated rings. The summed E-state index contributed by atoms with van der Waals surface area (Å²) in [6, 6.07) is 12.2. The Morgan fingerprint density at radius 2 is 1.91 bits per heavy atom. The Labute approximate surface area is 194 Å². The molecule has 0 bridgehead atoms. The van der Waals surface area contributed by atoms with Crippen molar-refractivity contribution in [3.63, 3.8) is 0 Å². The number of benzene rings is 2. The second-order valence-corrected chi connectivity index (χ2v) is 8.91. The van der Waals surface area contributed by atoms with Crippen LogP contribution in [0.4, 0.5) is 5.69 Å². The van der Waals surface area contributed by atoms with Crippen LogP contribution in [0.3, 0.4) is 0 Å². The van der Waals surface area contributed by atoms with Gasteiger partial charge in [0.25, 0.3) is 5.91 Å². The van der Waals surface area contributed by atoms with Crippen LogP contribution in [0.5, 0.6) is 11.5 Å². The van der Waals surface area contributed by atoms with Crippen LogP contribution in [0.2, 0.25) is 0 Å². The summed E-state index contributed by atoms with van der Waals surface area (Å²) >= 11 is 6.61. The number of nitrogens with one attached hydrogen (secondary N) is 1. The van der Waals surface area contributed by atoms with E-state index in [1.54, 1.807) is 36.4 Å². The maximum absolute atomic E-state index is 12.8. The molecule has 2 amide bonds. The number of amides is 2. The van der Waals surface area contributed by atoms with Crippen molar-refractivity contribution in [2.75, 3.05) is 18.7 Å². The summed E-state index contributed by atoms with van der Waals surface area (Å²) < 4.78 is 11.2. The third kappa shape index (κ3) is 5.00. The van der Waals surface area contributed by atoms with E-state index in [-0.39, 0.29) is 30.8 Å². The third-order valence-electron chi connectivity index (χ3n) is 4.93. The van der Waals surface area contributed by atoms with Crippen LogP contribution in [0.15, 0.2) is 47.4 Å². The molecule has 2 aromatic rings. The van der Waals surface area contributed by atoms with Crippen LogP contribution in [0.25, 0.3) is 6.08 Å². The maximum atomic E-state index is 12.8. The molecule has 1 N–H and O–H groups in total. The quantitative estimate of drug-likeness (QED) is 0.370. The SMILES string of the molecule is CC(=O)c1ccc(NC(=O)CCCN2C(=O)/C(=C/c3ccc4c(c3)OCO4)SC2=S)cc1. The normalized spacial score (nSPS) is 16.0. The van der Waals surface area contributed by atoms with Gasteiger partial charge in [-0.05, 0) is 61.4 Å². The molecule has 2 aliphatic heterocycles. The predicted molar refractivity (Wildman–Crippen MR) is 127 cm³/mol. The van der Waals surface area contributed by atoms with Crippen molar-refractivity contribution in [3.05, 3.63) is 58.5 Å². The highest BCUT2D eigenvalue weighted by Gasteiger charge is 2.31. The molecule has 0 aliphatic carbocycles. The average Bonchev–Trinajstić information content (AvgIpc) is 3.33. The highest BCUT2D eigenvalue weighted by atomic mass is 32.2. The number of hydrogen-bond donors (Lipinski definition) is 1. The van der Waals surface area contributed by atoms with Gasteiger partial charge >= 0.3 is 0 Å². The molecule has 32 heavy (non-hydrogen) atoms. The lowest BCUT2D eigenvalue weighted by atomic mass is 10.1. The summed E-state index contributed by atoms with van der Waals surface area (Å²) in [4.78, 5) is 38.4. The number of rotatable bonds is 7. The van der Waals surface area contributed by atoms with Gasteiger partial charge in [0.05, 0.1) is 4.91 Å². The molecule has 7 nitrogen and oxygen atoms in total. The van der Waals surface area contributed by atoms with Gasteiger partial charge in [-0.1, -0.05) is 30.0 Å². The minimum Gasteiger partial charge on any atom is -0.454 e. The van der Waals surface area contributed by atoms with Gasteiger partial charge in [0.15, 0.2) is 17.3 Å². The van der Waals surface area contributed by atoms with Gasteiger partial charge in [0.2, 0.25) is 12.7 Å². The van der Waals surface area contributed by atoms with Crippen LogP contribution in [-0.4, -0.2) is 40.2 Å². The van der Waals surface area contributed by atoms with E-state index in [2.05, 4.69) is 5.32 Å². The number of nitrogens with zero attached hydrogens (tertiary/aromatic N) is 1. The van der Waals surface area contributed by atoms with E-state index in [4.69, 9.17) is 21.7 Å². The second kappa shape index (κ2) is 9.54. The molecule has 2 heterocycles. The minimum atomic E-state index is -0.169.